The molecule has 0 saturated heterocycles. The lowest BCUT2D eigenvalue weighted by molar-refractivity contribution is -0.117. The van der Waals surface area contributed by atoms with Crippen LogP contribution >= 0.6 is 0 Å². The summed E-state index contributed by atoms with van der Waals surface area (Å²) in [5.74, 6) is 0.200. The van der Waals surface area contributed by atoms with Crippen molar-refractivity contribution in [2.75, 3.05) is 10.6 Å². The molecule has 5 heteroatoms. The van der Waals surface area contributed by atoms with E-state index in [0.29, 0.717) is 11.4 Å². The molecule has 1 fully saturated rings. The molecule has 0 spiro atoms. The largest absolute Gasteiger partial charge is 0.331 e. The van der Waals surface area contributed by atoms with E-state index in [1.165, 1.54) is 0 Å². The lowest BCUT2D eigenvalue weighted by Crippen LogP contribution is -2.31. The minimum absolute atomic E-state index is 0.0503. The number of carbonyl (C=O) groups excluding carboxylic acids is 2. The van der Waals surface area contributed by atoms with Gasteiger partial charge in [-0.15, -0.1) is 0 Å². The third kappa shape index (κ3) is 4.35. The molecular weight excluding hydrogens is 302 g/mol. The number of nitrogens with one attached hydrogen (secondary N) is 3. The smallest absolute Gasteiger partial charge is 0.319 e. The van der Waals surface area contributed by atoms with E-state index in [0.717, 1.165) is 18.4 Å². The summed E-state index contributed by atoms with van der Waals surface area (Å²) in [6, 6.07) is 16.6. The van der Waals surface area contributed by atoms with Crippen LogP contribution in [0, 0.1) is 5.92 Å². The zero-order chi connectivity index (χ0) is 16.9. The average Bonchev–Trinajstić information content (AvgIpc) is 3.41. The Morgan fingerprint density at radius 2 is 1.62 bits per heavy atom. The fourth-order valence-electron chi connectivity index (χ4n) is 2.45. The highest BCUT2D eigenvalue weighted by Crippen LogP contribution is 2.30. The highest BCUT2D eigenvalue weighted by atomic mass is 16.2. The molecule has 0 aliphatic heterocycles. The second kappa shape index (κ2) is 7.17. The van der Waals surface area contributed by atoms with Crippen LogP contribution in [-0.2, 0) is 4.79 Å². The summed E-state index contributed by atoms with van der Waals surface area (Å²) in [6.07, 6.45) is 1.92. The molecule has 1 aliphatic rings. The predicted octanol–water partition coefficient (Wildman–Crippen LogP) is 3.92. The molecule has 5 nitrogen and oxygen atoms in total. The molecule has 2 aromatic carbocycles. The first-order chi connectivity index (χ1) is 11.6. The number of rotatable bonds is 5. The molecule has 2 aromatic rings. The van der Waals surface area contributed by atoms with Gasteiger partial charge in [0.05, 0.1) is 6.04 Å². The Hall–Kier alpha value is -2.82. The number of hydrogen-bond donors (Lipinski definition) is 3. The second-order valence-electron chi connectivity index (χ2n) is 6.08. The van der Waals surface area contributed by atoms with E-state index < -0.39 is 0 Å². The molecule has 0 heterocycles. The quantitative estimate of drug-likeness (QED) is 0.780. The maximum Gasteiger partial charge on any atom is 0.319 e. The first kappa shape index (κ1) is 16.1. The minimum Gasteiger partial charge on any atom is -0.331 e. The molecule has 3 amide bonds. The highest BCUT2D eigenvalue weighted by Gasteiger charge is 2.29. The van der Waals surface area contributed by atoms with Gasteiger partial charge in [0.1, 0.15) is 0 Å². The van der Waals surface area contributed by atoms with Crippen molar-refractivity contribution >= 4 is 23.3 Å². The molecule has 1 aliphatic carbocycles. The van der Waals surface area contributed by atoms with Gasteiger partial charge in [-0.2, -0.15) is 0 Å². The third-order valence-corrected chi connectivity index (χ3v) is 3.98. The van der Waals surface area contributed by atoms with Crippen LogP contribution in [0.4, 0.5) is 16.2 Å². The predicted molar refractivity (Wildman–Crippen MR) is 94.8 cm³/mol. The van der Waals surface area contributed by atoms with Gasteiger partial charge in [0.15, 0.2) is 0 Å². The van der Waals surface area contributed by atoms with E-state index in [9.17, 15) is 9.59 Å². The van der Waals surface area contributed by atoms with E-state index in [2.05, 4.69) is 16.0 Å². The number of hydrogen-bond acceptors (Lipinski definition) is 2. The Balaban J connectivity index is 1.56. The number of urea groups is 1. The van der Waals surface area contributed by atoms with Crippen LogP contribution in [0.1, 0.15) is 31.4 Å². The summed E-state index contributed by atoms with van der Waals surface area (Å²) in [6.45, 7) is 1.93. The van der Waals surface area contributed by atoms with E-state index in [-0.39, 0.29) is 23.9 Å². The average molecular weight is 323 g/mol. The molecule has 1 saturated carbocycles. The van der Waals surface area contributed by atoms with Crippen molar-refractivity contribution < 1.29 is 9.59 Å². The number of carbonyl (C=O) groups is 2. The maximum absolute atomic E-state index is 12.1. The molecule has 24 heavy (non-hydrogen) atoms. The Morgan fingerprint density at radius 1 is 0.958 bits per heavy atom. The van der Waals surface area contributed by atoms with E-state index in [4.69, 9.17) is 0 Å². The zero-order valence-electron chi connectivity index (χ0n) is 13.6. The van der Waals surface area contributed by atoms with E-state index in [1.54, 1.807) is 18.2 Å². The lowest BCUT2D eigenvalue weighted by atomic mass is 10.1. The highest BCUT2D eigenvalue weighted by molar-refractivity contribution is 5.95. The molecule has 3 rings (SSSR count). The monoisotopic (exact) mass is 323 g/mol. The molecule has 0 radical (unpaired) electrons. The standard InChI is InChI=1S/C19H21N3O2/c1-13(14-6-3-2-4-7-14)20-19(24)22-17-9-5-8-16(12-17)21-18(23)15-10-11-15/h2-9,12-13,15H,10-11H2,1H3,(H,21,23)(H2,20,22,24)/t13-/m1/s1. The Kier molecular flexibility index (Phi) is 4.79. The van der Waals surface area contributed by atoms with Crippen LogP contribution < -0.4 is 16.0 Å². The first-order valence-corrected chi connectivity index (χ1v) is 8.15. The van der Waals surface area contributed by atoms with Crippen LogP contribution in [0.2, 0.25) is 0 Å². The van der Waals surface area contributed by atoms with Crippen molar-refractivity contribution in [2.24, 2.45) is 5.92 Å². The van der Waals surface area contributed by atoms with Gasteiger partial charge in [-0.3, -0.25) is 4.79 Å². The van der Waals surface area contributed by atoms with Gasteiger partial charge in [-0.25, -0.2) is 4.79 Å². The van der Waals surface area contributed by atoms with Crippen molar-refractivity contribution in [1.29, 1.82) is 0 Å². The van der Waals surface area contributed by atoms with Gasteiger partial charge in [0.2, 0.25) is 5.91 Å². The second-order valence-corrected chi connectivity index (χ2v) is 6.08. The summed E-state index contributed by atoms with van der Waals surface area (Å²) in [7, 11) is 0. The number of amides is 3. The van der Waals surface area contributed by atoms with Crippen molar-refractivity contribution in [3.8, 4) is 0 Å². The fourth-order valence-corrected chi connectivity index (χ4v) is 2.45. The normalized spacial score (nSPS) is 14.5. The maximum atomic E-state index is 12.1. The topological polar surface area (TPSA) is 70.2 Å². The van der Waals surface area contributed by atoms with Crippen molar-refractivity contribution in [2.45, 2.75) is 25.8 Å². The molecule has 0 bridgehead atoms. The molecular formula is C19H21N3O2. The van der Waals surface area contributed by atoms with Gasteiger partial charge >= 0.3 is 6.03 Å². The summed E-state index contributed by atoms with van der Waals surface area (Å²) in [5, 5.41) is 8.57. The lowest BCUT2D eigenvalue weighted by Gasteiger charge is -2.15. The summed E-state index contributed by atoms with van der Waals surface area (Å²) >= 11 is 0. The van der Waals surface area contributed by atoms with Crippen LogP contribution in [0.3, 0.4) is 0 Å². The van der Waals surface area contributed by atoms with Gasteiger partial charge < -0.3 is 16.0 Å². The Bertz CT molecular complexity index is 726. The summed E-state index contributed by atoms with van der Waals surface area (Å²) < 4.78 is 0. The van der Waals surface area contributed by atoms with E-state index >= 15 is 0 Å². The van der Waals surface area contributed by atoms with Crippen molar-refractivity contribution in [3.63, 3.8) is 0 Å². The zero-order valence-corrected chi connectivity index (χ0v) is 13.6. The molecule has 0 aromatic heterocycles. The van der Waals surface area contributed by atoms with Gasteiger partial charge in [0, 0.05) is 17.3 Å². The van der Waals surface area contributed by atoms with Crippen molar-refractivity contribution in [3.05, 3.63) is 60.2 Å². The van der Waals surface area contributed by atoms with Gasteiger partial charge in [-0.1, -0.05) is 36.4 Å². The van der Waals surface area contributed by atoms with Crippen LogP contribution in [0.25, 0.3) is 0 Å². The van der Waals surface area contributed by atoms with Crippen LogP contribution in [-0.4, -0.2) is 11.9 Å². The van der Waals surface area contributed by atoms with Crippen LogP contribution in [0.5, 0.6) is 0 Å². The SMILES string of the molecule is C[C@@H](NC(=O)Nc1cccc(NC(=O)C2CC2)c1)c1ccccc1. The van der Waals surface area contributed by atoms with Crippen LogP contribution in [0.15, 0.2) is 54.6 Å². The Labute approximate surface area is 141 Å². The van der Waals surface area contributed by atoms with Gasteiger partial charge in [-0.05, 0) is 43.5 Å². The first-order valence-electron chi connectivity index (χ1n) is 8.15. The van der Waals surface area contributed by atoms with Crippen molar-refractivity contribution in [1.82, 2.24) is 5.32 Å². The number of benzene rings is 2. The minimum atomic E-state index is -0.281. The molecule has 3 N–H and O–H groups in total. The summed E-state index contributed by atoms with van der Waals surface area (Å²) in [5.41, 5.74) is 2.38. The fraction of sp³-hybridized carbons (Fsp3) is 0.263. The molecule has 1 atom stereocenters. The third-order valence-electron chi connectivity index (χ3n) is 3.98. The van der Waals surface area contributed by atoms with E-state index in [1.807, 2.05) is 43.3 Å². The summed E-state index contributed by atoms with van der Waals surface area (Å²) in [4.78, 5) is 23.9. The molecule has 0 unspecified atom stereocenters. The number of anilines is 2. The Morgan fingerprint density at radius 3 is 2.29 bits per heavy atom. The van der Waals surface area contributed by atoms with Gasteiger partial charge in [0.25, 0.3) is 0 Å². The molecule has 124 valence electrons.